The zero-order valence-corrected chi connectivity index (χ0v) is 15.0. The summed E-state index contributed by atoms with van der Waals surface area (Å²) in [4.78, 5) is 2.22. The molecule has 0 N–H and O–H groups in total. The third-order valence-corrected chi connectivity index (χ3v) is 6.74. The first-order chi connectivity index (χ1) is 10.9. The van der Waals surface area contributed by atoms with E-state index >= 15 is 0 Å². The third-order valence-electron chi connectivity index (χ3n) is 4.34. The Bertz CT molecular complexity index is 664. The molecule has 0 aliphatic carbocycles. The van der Waals surface area contributed by atoms with Gasteiger partial charge in [0.25, 0.3) is 0 Å². The standard InChI is InChI=1S/C15H19Cl2NO4S/c16-12-1-2-13(17)14(11-12)23(19,20)10-7-18-5-3-15(4-6-18)21-8-9-22-15/h1-2,11H,3-10H2. The second kappa shape index (κ2) is 6.86. The van der Waals surface area contributed by atoms with E-state index in [0.29, 0.717) is 24.8 Å². The Balaban J connectivity index is 1.59. The average molecular weight is 380 g/mol. The first-order valence-electron chi connectivity index (χ1n) is 7.58. The Morgan fingerprint density at radius 1 is 1.13 bits per heavy atom. The van der Waals surface area contributed by atoms with Gasteiger partial charge in [-0.1, -0.05) is 23.2 Å². The molecule has 0 radical (unpaired) electrons. The highest BCUT2D eigenvalue weighted by Gasteiger charge is 2.39. The highest BCUT2D eigenvalue weighted by Crippen LogP contribution is 2.31. The Hall–Kier alpha value is -0.370. The summed E-state index contributed by atoms with van der Waals surface area (Å²) in [5, 5.41) is 0.572. The monoisotopic (exact) mass is 379 g/mol. The SMILES string of the molecule is O=S(=O)(CCN1CCC2(CC1)OCCO2)c1cc(Cl)ccc1Cl. The number of likely N-dealkylation sites (tertiary alicyclic amines) is 1. The minimum Gasteiger partial charge on any atom is -0.347 e. The number of ether oxygens (including phenoxy) is 2. The van der Waals surface area contributed by atoms with Crippen molar-refractivity contribution in [3.63, 3.8) is 0 Å². The van der Waals surface area contributed by atoms with E-state index in [1.165, 1.54) is 12.1 Å². The molecule has 0 bridgehead atoms. The van der Waals surface area contributed by atoms with Gasteiger partial charge in [-0.15, -0.1) is 0 Å². The van der Waals surface area contributed by atoms with Crippen molar-refractivity contribution in [1.82, 2.24) is 4.90 Å². The molecule has 2 aliphatic rings. The smallest absolute Gasteiger partial charge is 0.181 e. The van der Waals surface area contributed by atoms with Crippen LogP contribution >= 0.6 is 23.2 Å². The van der Waals surface area contributed by atoms with E-state index < -0.39 is 15.6 Å². The van der Waals surface area contributed by atoms with Crippen LogP contribution in [-0.2, 0) is 19.3 Å². The molecule has 3 rings (SSSR count). The van der Waals surface area contributed by atoms with Crippen LogP contribution < -0.4 is 0 Å². The van der Waals surface area contributed by atoms with Gasteiger partial charge in [-0.2, -0.15) is 0 Å². The van der Waals surface area contributed by atoms with Crippen LogP contribution in [-0.4, -0.2) is 57.7 Å². The zero-order valence-electron chi connectivity index (χ0n) is 12.6. The Kier molecular flexibility index (Phi) is 5.21. The maximum absolute atomic E-state index is 12.5. The van der Waals surface area contributed by atoms with Gasteiger partial charge in [0.05, 0.1) is 28.9 Å². The lowest BCUT2D eigenvalue weighted by atomic mass is 10.0. The fraction of sp³-hybridized carbons (Fsp3) is 0.600. The third kappa shape index (κ3) is 4.00. The van der Waals surface area contributed by atoms with Crippen molar-refractivity contribution >= 4 is 33.0 Å². The van der Waals surface area contributed by atoms with E-state index in [-0.39, 0.29) is 15.7 Å². The average Bonchev–Trinajstić information content (AvgIpc) is 2.97. The second-order valence-electron chi connectivity index (χ2n) is 5.84. The van der Waals surface area contributed by atoms with E-state index in [9.17, 15) is 8.42 Å². The predicted molar refractivity (Wildman–Crippen MR) is 88.8 cm³/mol. The molecule has 5 nitrogen and oxygen atoms in total. The van der Waals surface area contributed by atoms with Crippen molar-refractivity contribution < 1.29 is 17.9 Å². The predicted octanol–water partition coefficient (Wildman–Crippen LogP) is 2.61. The minimum absolute atomic E-state index is 0.0157. The highest BCUT2D eigenvalue weighted by molar-refractivity contribution is 7.91. The molecule has 2 aliphatic heterocycles. The molecule has 0 aromatic heterocycles. The molecule has 0 unspecified atom stereocenters. The Morgan fingerprint density at radius 2 is 1.78 bits per heavy atom. The molecule has 0 saturated carbocycles. The summed E-state index contributed by atoms with van der Waals surface area (Å²) in [5.74, 6) is -0.423. The first kappa shape index (κ1) is 17.5. The first-order valence-corrected chi connectivity index (χ1v) is 9.99. The number of sulfone groups is 1. The summed E-state index contributed by atoms with van der Waals surface area (Å²) >= 11 is 11.9. The second-order valence-corrected chi connectivity index (χ2v) is 8.76. The van der Waals surface area contributed by atoms with Crippen LogP contribution in [0.4, 0.5) is 0 Å². The molecule has 1 spiro atoms. The van der Waals surface area contributed by atoms with Gasteiger partial charge >= 0.3 is 0 Å². The van der Waals surface area contributed by atoms with Gasteiger partial charge in [0.1, 0.15) is 0 Å². The van der Waals surface area contributed by atoms with Gasteiger partial charge in [-0.3, -0.25) is 0 Å². The van der Waals surface area contributed by atoms with Crippen LogP contribution in [0.25, 0.3) is 0 Å². The summed E-state index contributed by atoms with van der Waals surface area (Å²) in [6, 6.07) is 4.50. The molecule has 8 heteroatoms. The normalized spacial score (nSPS) is 21.8. The summed E-state index contributed by atoms with van der Waals surface area (Å²) < 4.78 is 36.3. The van der Waals surface area contributed by atoms with E-state index in [1.807, 2.05) is 0 Å². The van der Waals surface area contributed by atoms with Crippen LogP contribution in [0.5, 0.6) is 0 Å². The van der Waals surface area contributed by atoms with Gasteiger partial charge < -0.3 is 14.4 Å². The summed E-state index contributed by atoms with van der Waals surface area (Å²) in [7, 11) is -3.46. The number of piperidine rings is 1. The van der Waals surface area contributed by atoms with Crippen molar-refractivity contribution in [2.75, 3.05) is 38.6 Å². The number of hydrogen-bond donors (Lipinski definition) is 0. The van der Waals surface area contributed by atoms with Crippen molar-refractivity contribution in [1.29, 1.82) is 0 Å². The van der Waals surface area contributed by atoms with Crippen LogP contribution in [0.3, 0.4) is 0 Å². The topological polar surface area (TPSA) is 55.8 Å². The van der Waals surface area contributed by atoms with Gasteiger partial charge in [-0.05, 0) is 18.2 Å². The molecule has 128 valence electrons. The maximum Gasteiger partial charge on any atom is 0.181 e. The van der Waals surface area contributed by atoms with Crippen molar-refractivity contribution in [3.05, 3.63) is 28.2 Å². The molecule has 2 saturated heterocycles. The number of nitrogens with zero attached hydrogens (tertiary/aromatic N) is 1. The van der Waals surface area contributed by atoms with Gasteiger partial charge in [0.2, 0.25) is 0 Å². The highest BCUT2D eigenvalue weighted by atomic mass is 35.5. The molecular formula is C15H19Cl2NO4S. The fourth-order valence-corrected chi connectivity index (χ4v) is 5.07. The Morgan fingerprint density at radius 3 is 2.43 bits per heavy atom. The molecule has 0 atom stereocenters. The van der Waals surface area contributed by atoms with Crippen LogP contribution in [0.1, 0.15) is 12.8 Å². The number of rotatable bonds is 4. The van der Waals surface area contributed by atoms with E-state index in [0.717, 1.165) is 25.9 Å². The van der Waals surface area contributed by atoms with Crippen molar-refractivity contribution in [2.24, 2.45) is 0 Å². The van der Waals surface area contributed by atoms with Crippen molar-refractivity contribution in [2.45, 2.75) is 23.5 Å². The quantitative estimate of drug-likeness (QED) is 0.804. The van der Waals surface area contributed by atoms with Crippen molar-refractivity contribution in [3.8, 4) is 0 Å². The number of hydrogen-bond acceptors (Lipinski definition) is 5. The molecule has 2 heterocycles. The molecule has 1 aromatic carbocycles. The van der Waals surface area contributed by atoms with Crippen LogP contribution in [0.15, 0.2) is 23.1 Å². The lowest BCUT2D eigenvalue weighted by molar-refractivity contribution is -0.184. The largest absolute Gasteiger partial charge is 0.347 e. The fourth-order valence-electron chi connectivity index (χ4n) is 2.98. The van der Waals surface area contributed by atoms with Crippen LogP contribution in [0, 0.1) is 0 Å². The lowest BCUT2D eigenvalue weighted by Gasteiger charge is -2.37. The van der Waals surface area contributed by atoms with E-state index in [1.54, 1.807) is 6.07 Å². The van der Waals surface area contributed by atoms with E-state index in [4.69, 9.17) is 32.7 Å². The molecule has 2 fully saturated rings. The van der Waals surface area contributed by atoms with Gasteiger partial charge in [-0.25, -0.2) is 8.42 Å². The summed E-state index contributed by atoms with van der Waals surface area (Å²) in [5.41, 5.74) is 0. The maximum atomic E-state index is 12.5. The number of benzene rings is 1. The summed E-state index contributed by atoms with van der Waals surface area (Å²) in [6.45, 7) is 3.27. The minimum atomic E-state index is -3.46. The van der Waals surface area contributed by atoms with E-state index in [2.05, 4.69) is 4.90 Å². The van der Waals surface area contributed by atoms with Gasteiger partial charge in [0, 0.05) is 37.5 Å². The Labute approximate surface area is 146 Å². The molecule has 1 aromatic rings. The zero-order chi connectivity index (χ0) is 16.5. The lowest BCUT2D eigenvalue weighted by Crippen LogP contribution is -2.46. The van der Waals surface area contributed by atoms with Crippen LogP contribution in [0.2, 0.25) is 10.0 Å². The summed E-state index contributed by atoms with van der Waals surface area (Å²) in [6.07, 6.45) is 1.54. The number of halogens is 2. The molecule has 23 heavy (non-hydrogen) atoms. The molecular weight excluding hydrogens is 361 g/mol. The van der Waals surface area contributed by atoms with Gasteiger partial charge in [0.15, 0.2) is 15.6 Å². The molecule has 0 amide bonds.